The highest BCUT2D eigenvalue weighted by Crippen LogP contribution is 2.16. The van der Waals surface area contributed by atoms with Gasteiger partial charge < -0.3 is 10.1 Å². The van der Waals surface area contributed by atoms with Crippen molar-refractivity contribution >= 4 is 51.3 Å². The molecule has 1 heterocycles. The molecule has 0 aliphatic heterocycles. The Kier molecular flexibility index (Phi) is 7.47. The van der Waals surface area contributed by atoms with Gasteiger partial charge in [0.25, 0.3) is 11.8 Å². The Bertz CT molecular complexity index is 1070. The number of esters is 1. The number of hydrazone groups is 1. The molecule has 152 valence electrons. The standard InChI is InChI=1S/C21H16BrN3O4S/c22-16-4-1-3-15(11-16)20(27)23-13-19(26)25-24-12-14-6-8-17(9-7-14)29-21(28)18-5-2-10-30-18/h1-12H,13H2,(H,23,27)(H,25,26). The molecule has 0 saturated carbocycles. The molecule has 0 spiro atoms. The van der Waals surface area contributed by atoms with Crippen molar-refractivity contribution in [3.8, 4) is 5.75 Å². The van der Waals surface area contributed by atoms with Crippen molar-refractivity contribution in [2.45, 2.75) is 0 Å². The zero-order valence-electron chi connectivity index (χ0n) is 15.5. The largest absolute Gasteiger partial charge is 0.422 e. The third-order valence-electron chi connectivity index (χ3n) is 3.71. The van der Waals surface area contributed by atoms with E-state index in [-0.39, 0.29) is 12.5 Å². The lowest BCUT2D eigenvalue weighted by molar-refractivity contribution is -0.120. The Hall–Kier alpha value is -3.30. The Morgan fingerprint density at radius 1 is 1.07 bits per heavy atom. The van der Waals surface area contributed by atoms with Gasteiger partial charge in [0.2, 0.25) is 0 Å². The van der Waals surface area contributed by atoms with Gasteiger partial charge >= 0.3 is 5.97 Å². The van der Waals surface area contributed by atoms with Crippen LogP contribution >= 0.6 is 27.3 Å². The van der Waals surface area contributed by atoms with Gasteiger partial charge in [0.05, 0.1) is 12.8 Å². The first-order chi connectivity index (χ1) is 14.5. The van der Waals surface area contributed by atoms with Crippen LogP contribution < -0.4 is 15.5 Å². The minimum Gasteiger partial charge on any atom is -0.422 e. The fourth-order valence-corrected chi connectivity index (χ4v) is 3.28. The highest BCUT2D eigenvalue weighted by Gasteiger charge is 2.09. The van der Waals surface area contributed by atoms with Crippen LogP contribution in [0.1, 0.15) is 25.6 Å². The van der Waals surface area contributed by atoms with Crippen LogP contribution in [0.4, 0.5) is 0 Å². The first-order valence-corrected chi connectivity index (χ1v) is 10.4. The fourth-order valence-electron chi connectivity index (χ4n) is 2.28. The highest BCUT2D eigenvalue weighted by molar-refractivity contribution is 9.10. The molecular weight excluding hydrogens is 470 g/mol. The maximum absolute atomic E-state index is 12.0. The molecule has 1 aromatic heterocycles. The third-order valence-corrected chi connectivity index (χ3v) is 5.06. The number of hydrogen-bond donors (Lipinski definition) is 2. The summed E-state index contributed by atoms with van der Waals surface area (Å²) in [5.41, 5.74) is 3.48. The Labute approximate surface area is 184 Å². The van der Waals surface area contributed by atoms with Gasteiger partial charge in [0.1, 0.15) is 10.6 Å². The van der Waals surface area contributed by atoms with Crippen molar-refractivity contribution in [3.05, 3.63) is 86.5 Å². The van der Waals surface area contributed by atoms with E-state index in [1.807, 2.05) is 0 Å². The smallest absolute Gasteiger partial charge is 0.353 e. The number of benzene rings is 2. The molecule has 0 fully saturated rings. The quantitative estimate of drug-likeness (QED) is 0.231. The summed E-state index contributed by atoms with van der Waals surface area (Å²) < 4.78 is 6.04. The fraction of sp³-hybridized carbons (Fsp3) is 0.0476. The van der Waals surface area contributed by atoms with Gasteiger partial charge in [-0.15, -0.1) is 11.3 Å². The van der Waals surface area contributed by atoms with Crippen molar-refractivity contribution in [3.63, 3.8) is 0 Å². The second kappa shape index (κ2) is 10.5. The molecule has 0 aliphatic carbocycles. The van der Waals surface area contributed by atoms with Gasteiger partial charge in [0.15, 0.2) is 0 Å². The summed E-state index contributed by atoms with van der Waals surface area (Å²) in [6.45, 7) is -0.208. The summed E-state index contributed by atoms with van der Waals surface area (Å²) >= 11 is 4.60. The minimum atomic E-state index is -0.462. The van der Waals surface area contributed by atoms with E-state index in [2.05, 4.69) is 31.8 Å². The number of nitrogens with one attached hydrogen (secondary N) is 2. The number of amides is 2. The summed E-state index contributed by atoms with van der Waals surface area (Å²) in [5.74, 6) is -0.826. The second-order valence-corrected chi connectivity index (χ2v) is 7.79. The number of ether oxygens (including phenoxy) is 1. The van der Waals surface area contributed by atoms with Crippen molar-refractivity contribution < 1.29 is 19.1 Å². The number of halogens is 1. The van der Waals surface area contributed by atoms with E-state index in [0.29, 0.717) is 21.8 Å². The van der Waals surface area contributed by atoms with E-state index in [1.54, 1.807) is 66.0 Å². The van der Waals surface area contributed by atoms with Gasteiger partial charge in [-0.1, -0.05) is 28.1 Å². The molecule has 0 bridgehead atoms. The molecule has 3 aromatic rings. The topological polar surface area (TPSA) is 96.9 Å². The summed E-state index contributed by atoms with van der Waals surface area (Å²) in [6, 6.07) is 17.0. The van der Waals surface area contributed by atoms with Crippen LogP contribution in [0, 0.1) is 0 Å². The average molecular weight is 486 g/mol. The normalized spacial score (nSPS) is 10.6. The van der Waals surface area contributed by atoms with Crippen LogP contribution in [-0.2, 0) is 4.79 Å². The van der Waals surface area contributed by atoms with Crippen LogP contribution in [-0.4, -0.2) is 30.5 Å². The van der Waals surface area contributed by atoms with E-state index in [0.717, 1.165) is 4.47 Å². The summed E-state index contributed by atoms with van der Waals surface area (Å²) in [5, 5.41) is 8.17. The van der Waals surface area contributed by atoms with E-state index < -0.39 is 11.9 Å². The predicted molar refractivity (Wildman–Crippen MR) is 118 cm³/mol. The molecule has 2 N–H and O–H groups in total. The van der Waals surface area contributed by atoms with Crippen molar-refractivity contribution in [1.82, 2.24) is 10.7 Å². The van der Waals surface area contributed by atoms with E-state index in [9.17, 15) is 14.4 Å². The molecule has 0 atom stereocenters. The average Bonchev–Trinajstić information content (AvgIpc) is 3.28. The molecule has 2 amide bonds. The number of thiophene rings is 1. The van der Waals surface area contributed by atoms with Crippen LogP contribution in [0.15, 0.2) is 75.6 Å². The molecule has 0 unspecified atom stereocenters. The SMILES string of the molecule is O=C(CNC(=O)c1cccc(Br)c1)NN=Cc1ccc(OC(=O)c2cccs2)cc1. The van der Waals surface area contributed by atoms with Gasteiger partial charge in [-0.25, -0.2) is 10.2 Å². The van der Waals surface area contributed by atoms with Crippen molar-refractivity contribution in [1.29, 1.82) is 0 Å². The molecule has 0 radical (unpaired) electrons. The number of rotatable bonds is 7. The molecule has 0 aliphatic rings. The zero-order chi connectivity index (χ0) is 21.3. The molecular formula is C21H16BrN3O4S. The van der Waals surface area contributed by atoms with Crippen molar-refractivity contribution in [2.75, 3.05) is 6.54 Å². The first kappa shape index (κ1) is 21.4. The van der Waals surface area contributed by atoms with Crippen LogP contribution in [0.5, 0.6) is 5.75 Å². The highest BCUT2D eigenvalue weighted by atomic mass is 79.9. The second-order valence-electron chi connectivity index (χ2n) is 5.92. The minimum absolute atomic E-state index is 0.208. The summed E-state index contributed by atoms with van der Waals surface area (Å²) in [6.07, 6.45) is 1.44. The molecule has 30 heavy (non-hydrogen) atoms. The van der Waals surface area contributed by atoms with Gasteiger partial charge in [-0.05, 0) is 59.5 Å². The predicted octanol–water partition coefficient (Wildman–Crippen LogP) is 3.61. The lowest BCUT2D eigenvalue weighted by Crippen LogP contribution is -2.34. The number of carbonyl (C=O) groups excluding carboxylic acids is 3. The maximum Gasteiger partial charge on any atom is 0.353 e. The number of nitrogens with zero attached hydrogens (tertiary/aromatic N) is 1. The van der Waals surface area contributed by atoms with Crippen LogP contribution in [0.2, 0.25) is 0 Å². The van der Waals surface area contributed by atoms with E-state index in [4.69, 9.17) is 4.74 Å². The summed E-state index contributed by atoms with van der Waals surface area (Å²) in [7, 11) is 0. The molecule has 2 aromatic carbocycles. The van der Waals surface area contributed by atoms with Gasteiger partial charge in [-0.3, -0.25) is 9.59 Å². The third kappa shape index (κ3) is 6.36. The monoisotopic (exact) mass is 485 g/mol. The molecule has 0 saturated heterocycles. The van der Waals surface area contributed by atoms with Crippen molar-refractivity contribution in [2.24, 2.45) is 5.10 Å². The van der Waals surface area contributed by atoms with Crippen LogP contribution in [0.3, 0.4) is 0 Å². The lowest BCUT2D eigenvalue weighted by atomic mass is 10.2. The molecule has 3 rings (SSSR count). The van der Waals surface area contributed by atoms with Crippen LogP contribution in [0.25, 0.3) is 0 Å². The first-order valence-electron chi connectivity index (χ1n) is 8.73. The molecule has 7 nitrogen and oxygen atoms in total. The van der Waals surface area contributed by atoms with Gasteiger partial charge in [0, 0.05) is 10.0 Å². The Morgan fingerprint density at radius 2 is 1.87 bits per heavy atom. The van der Waals surface area contributed by atoms with Gasteiger partial charge in [-0.2, -0.15) is 5.10 Å². The summed E-state index contributed by atoms with van der Waals surface area (Å²) in [4.78, 5) is 36.2. The Balaban J connectivity index is 1.43. The zero-order valence-corrected chi connectivity index (χ0v) is 17.9. The maximum atomic E-state index is 12.0. The van der Waals surface area contributed by atoms with E-state index in [1.165, 1.54) is 17.6 Å². The number of hydrogen-bond acceptors (Lipinski definition) is 6. The molecule has 9 heteroatoms. The van der Waals surface area contributed by atoms with E-state index >= 15 is 0 Å². The lowest BCUT2D eigenvalue weighted by Gasteiger charge is -2.05. The Morgan fingerprint density at radius 3 is 2.57 bits per heavy atom. The number of carbonyl (C=O) groups is 3.